The lowest BCUT2D eigenvalue weighted by molar-refractivity contribution is 0.340. The van der Waals surface area contributed by atoms with Gasteiger partial charge < -0.3 is 15.2 Å². The van der Waals surface area contributed by atoms with Gasteiger partial charge in [-0.25, -0.2) is 0 Å². The summed E-state index contributed by atoms with van der Waals surface area (Å²) in [5, 5.41) is 0. The average Bonchev–Trinajstić information content (AvgIpc) is 2.35. The van der Waals surface area contributed by atoms with E-state index in [1.807, 2.05) is 43.3 Å². The van der Waals surface area contributed by atoms with Crippen molar-refractivity contribution >= 4 is 5.69 Å². The minimum atomic E-state index is 0.582. The van der Waals surface area contributed by atoms with Crippen molar-refractivity contribution in [1.29, 1.82) is 0 Å². The van der Waals surface area contributed by atoms with Crippen molar-refractivity contribution in [3.05, 3.63) is 48.5 Å². The van der Waals surface area contributed by atoms with Gasteiger partial charge in [0.15, 0.2) is 0 Å². The van der Waals surface area contributed by atoms with Gasteiger partial charge in [0.2, 0.25) is 0 Å². The van der Waals surface area contributed by atoms with E-state index in [1.165, 1.54) is 0 Å². The topological polar surface area (TPSA) is 44.5 Å². The molecule has 0 radical (unpaired) electrons. The Hall–Kier alpha value is -2.16. The lowest BCUT2D eigenvalue weighted by Gasteiger charge is -2.10. The van der Waals surface area contributed by atoms with Crippen molar-refractivity contribution in [3.8, 4) is 17.2 Å². The Labute approximate surface area is 101 Å². The van der Waals surface area contributed by atoms with Crippen molar-refractivity contribution in [2.45, 2.75) is 6.92 Å². The molecule has 2 rings (SSSR count). The molecule has 2 aromatic carbocycles. The largest absolute Gasteiger partial charge is 0.492 e. The molecule has 3 nitrogen and oxygen atoms in total. The number of hydrogen-bond donors (Lipinski definition) is 1. The lowest BCUT2D eigenvalue weighted by Crippen LogP contribution is -1.97. The Morgan fingerprint density at radius 2 is 1.76 bits per heavy atom. The van der Waals surface area contributed by atoms with Crippen LogP contribution in [0.1, 0.15) is 6.92 Å². The van der Waals surface area contributed by atoms with Crippen molar-refractivity contribution in [2.24, 2.45) is 0 Å². The van der Waals surface area contributed by atoms with Gasteiger partial charge in [0.05, 0.1) is 12.3 Å². The van der Waals surface area contributed by atoms with Crippen molar-refractivity contribution in [1.82, 2.24) is 0 Å². The highest BCUT2D eigenvalue weighted by atomic mass is 16.5. The standard InChI is InChI=1S/C14H15NO2/c1-2-16-14-10-12(8-9-13(14)15)17-11-6-4-3-5-7-11/h3-10H,2,15H2,1H3. The quantitative estimate of drug-likeness (QED) is 0.816. The van der Waals surface area contributed by atoms with Gasteiger partial charge in [0, 0.05) is 6.07 Å². The van der Waals surface area contributed by atoms with Crippen LogP contribution in [0.5, 0.6) is 17.2 Å². The normalized spacial score (nSPS) is 9.94. The third kappa shape index (κ3) is 2.91. The molecule has 0 aliphatic heterocycles. The first-order valence-electron chi connectivity index (χ1n) is 5.55. The smallest absolute Gasteiger partial charge is 0.145 e. The van der Waals surface area contributed by atoms with Crippen LogP contribution < -0.4 is 15.2 Å². The molecule has 0 saturated heterocycles. The van der Waals surface area contributed by atoms with E-state index in [2.05, 4.69) is 0 Å². The fourth-order valence-corrected chi connectivity index (χ4v) is 1.48. The van der Waals surface area contributed by atoms with Crippen LogP contribution in [0.2, 0.25) is 0 Å². The van der Waals surface area contributed by atoms with Gasteiger partial charge in [0.25, 0.3) is 0 Å². The molecule has 0 unspecified atom stereocenters. The van der Waals surface area contributed by atoms with Gasteiger partial charge in [-0.3, -0.25) is 0 Å². The van der Waals surface area contributed by atoms with E-state index in [1.54, 1.807) is 12.1 Å². The van der Waals surface area contributed by atoms with Crippen molar-refractivity contribution in [3.63, 3.8) is 0 Å². The highest BCUT2D eigenvalue weighted by Gasteiger charge is 2.03. The third-order valence-corrected chi connectivity index (χ3v) is 2.26. The molecule has 3 heteroatoms. The number of benzene rings is 2. The zero-order chi connectivity index (χ0) is 12.1. The highest BCUT2D eigenvalue weighted by molar-refractivity contribution is 5.56. The summed E-state index contributed by atoms with van der Waals surface area (Å²) in [6.45, 7) is 2.50. The predicted molar refractivity (Wildman–Crippen MR) is 68.5 cm³/mol. The molecule has 88 valence electrons. The zero-order valence-corrected chi connectivity index (χ0v) is 9.72. The van der Waals surface area contributed by atoms with E-state index in [0.29, 0.717) is 23.8 Å². The molecule has 0 spiro atoms. The summed E-state index contributed by atoms with van der Waals surface area (Å²) >= 11 is 0. The summed E-state index contributed by atoms with van der Waals surface area (Å²) in [5.41, 5.74) is 6.41. The van der Waals surface area contributed by atoms with Crippen LogP contribution in [0.25, 0.3) is 0 Å². The summed E-state index contributed by atoms with van der Waals surface area (Å²) in [6, 6.07) is 15.0. The summed E-state index contributed by atoms with van der Waals surface area (Å²) < 4.78 is 11.1. The molecule has 0 aliphatic carbocycles. The molecule has 0 saturated carbocycles. The SMILES string of the molecule is CCOc1cc(Oc2ccccc2)ccc1N. The molecule has 0 fully saturated rings. The predicted octanol–water partition coefficient (Wildman–Crippen LogP) is 3.46. The van der Waals surface area contributed by atoms with Crippen molar-refractivity contribution in [2.75, 3.05) is 12.3 Å². The number of nitrogen functional groups attached to an aromatic ring is 1. The minimum absolute atomic E-state index is 0.582. The average molecular weight is 229 g/mol. The molecule has 0 heterocycles. The summed E-state index contributed by atoms with van der Waals surface area (Å²) in [6.07, 6.45) is 0. The maximum absolute atomic E-state index is 5.79. The Balaban J connectivity index is 2.19. The highest BCUT2D eigenvalue weighted by Crippen LogP contribution is 2.29. The van der Waals surface area contributed by atoms with Crippen LogP contribution in [0.15, 0.2) is 48.5 Å². The molecule has 0 atom stereocenters. The molecule has 0 aromatic heterocycles. The first-order valence-corrected chi connectivity index (χ1v) is 5.55. The number of rotatable bonds is 4. The molecule has 2 aromatic rings. The van der Waals surface area contributed by atoms with Gasteiger partial charge in [-0.1, -0.05) is 18.2 Å². The van der Waals surface area contributed by atoms with E-state index < -0.39 is 0 Å². The monoisotopic (exact) mass is 229 g/mol. The van der Waals surface area contributed by atoms with Crippen LogP contribution in [0.3, 0.4) is 0 Å². The van der Waals surface area contributed by atoms with Gasteiger partial charge >= 0.3 is 0 Å². The van der Waals surface area contributed by atoms with Crippen LogP contribution >= 0.6 is 0 Å². The van der Waals surface area contributed by atoms with E-state index >= 15 is 0 Å². The van der Waals surface area contributed by atoms with Gasteiger partial charge in [-0.05, 0) is 31.2 Å². The Morgan fingerprint density at radius 3 is 2.47 bits per heavy atom. The minimum Gasteiger partial charge on any atom is -0.492 e. The van der Waals surface area contributed by atoms with E-state index in [4.69, 9.17) is 15.2 Å². The van der Waals surface area contributed by atoms with E-state index in [9.17, 15) is 0 Å². The van der Waals surface area contributed by atoms with Crippen LogP contribution in [-0.4, -0.2) is 6.61 Å². The molecule has 2 N–H and O–H groups in total. The molecule has 0 aliphatic rings. The second kappa shape index (κ2) is 5.25. The molecule has 0 amide bonds. The number of ether oxygens (including phenoxy) is 2. The van der Waals surface area contributed by atoms with Gasteiger partial charge in [0.1, 0.15) is 17.2 Å². The Bertz CT molecular complexity index is 483. The second-order valence-electron chi connectivity index (χ2n) is 3.55. The number of para-hydroxylation sites is 1. The van der Waals surface area contributed by atoms with Crippen LogP contribution in [-0.2, 0) is 0 Å². The molecular weight excluding hydrogens is 214 g/mol. The van der Waals surface area contributed by atoms with Gasteiger partial charge in [-0.2, -0.15) is 0 Å². The molecule has 0 bridgehead atoms. The Kier molecular flexibility index (Phi) is 3.50. The summed E-state index contributed by atoms with van der Waals surface area (Å²) in [4.78, 5) is 0. The van der Waals surface area contributed by atoms with Gasteiger partial charge in [-0.15, -0.1) is 0 Å². The Morgan fingerprint density at radius 1 is 1.00 bits per heavy atom. The molecule has 17 heavy (non-hydrogen) atoms. The fraction of sp³-hybridized carbons (Fsp3) is 0.143. The molecular formula is C14H15NO2. The first kappa shape index (κ1) is 11.3. The van der Waals surface area contributed by atoms with Crippen molar-refractivity contribution < 1.29 is 9.47 Å². The van der Waals surface area contributed by atoms with E-state index in [-0.39, 0.29) is 0 Å². The lowest BCUT2D eigenvalue weighted by atomic mass is 10.3. The number of nitrogens with two attached hydrogens (primary N) is 1. The number of hydrogen-bond acceptors (Lipinski definition) is 3. The first-order chi connectivity index (χ1) is 8.29. The summed E-state index contributed by atoms with van der Waals surface area (Å²) in [7, 11) is 0. The van der Waals surface area contributed by atoms with Crippen LogP contribution in [0.4, 0.5) is 5.69 Å². The fourth-order valence-electron chi connectivity index (χ4n) is 1.48. The third-order valence-electron chi connectivity index (χ3n) is 2.26. The number of anilines is 1. The second-order valence-corrected chi connectivity index (χ2v) is 3.55. The summed E-state index contributed by atoms with van der Waals surface area (Å²) in [5.74, 6) is 2.16. The van der Waals surface area contributed by atoms with E-state index in [0.717, 1.165) is 5.75 Å². The maximum atomic E-state index is 5.79. The zero-order valence-electron chi connectivity index (χ0n) is 9.72. The van der Waals surface area contributed by atoms with Crippen LogP contribution in [0, 0.1) is 0 Å². The maximum Gasteiger partial charge on any atom is 0.145 e.